The van der Waals surface area contributed by atoms with Gasteiger partial charge in [-0.05, 0) is 55.8 Å². The number of carbonyl (C=O) groups is 1. The monoisotopic (exact) mass is 399 g/mol. The molecule has 152 valence electrons. The molecule has 0 radical (unpaired) electrons. The Bertz CT molecular complexity index is 1180. The normalized spacial score (nSPS) is 12.0. The van der Waals surface area contributed by atoms with Gasteiger partial charge in [-0.1, -0.05) is 42.0 Å². The fraction of sp³-hybridized carbons (Fsp3) is 0.200. The zero-order chi connectivity index (χ0) is 21.1. The number of nitrogens with zero attached hydrogens (tertiary/aromatic N) is 2. The number of hydrogen-bond acceptors (Lipinski definition) is 3. The minimum absolute atomic E-state index is 0.140. The van der Waals surface area contributed by atoms with Crippen LogP contribution in [-0.2, 0) is 6.54 Å². The maximum absolute atomic E-state index is 12.8. The van der Waals surface area contributed by atoms with Crippen LogP contribution in [-0.4, -0.2) is 22.6 Å². The standard InChI is InChI=1S/C25H25N3O2/c1-17-7-6-8-19(15-17)16-28-23-10-5-4-9-22(23)27-24(28)18(2)26-25(29)20-11-13-21(30-3)14-12-20/h4-15,18H,16H2,1-3H3,(H,26,29). The predicted molar refractivity (Wildman–Crippen MR) is 119 cm³/mol. The van der Waals surface area contributed by atoms with Crippen molar-refractivity contribution in [2.24, 2.45) is 0 Å². The SMILES string of the molecule is COc1ccc(C(=O)NC(C)c2nc3ccccc3n2Cc2cccc(C)c2)cc1. The van der Waals surface area contributed by atoms with Crippen LogP contribution in [0, 0.1) is 6.92 Å². The summed E-state index contributed by atoms with van der Waals surface area (Å²) in [4.78, 5) is 17.6. The molecule has 0 fully saturated rings. The number of aryl methyl sites for hydroxylation is 1. The van der Waals surface area contributed by atoms with Crippen LogP contribution in [0.1, 0.15) is 40.3 Å². The Hall–Kier alpha value is -3.60. The Labute approximate surface area is 176 Å². The van der Waals surface area contributed by atoms with E-state index in [0.717, 1.165) is 22.6 Å². The second-order valence-electron chi connectivity index (χ2n) is 7.46. The molecule has 1 aromatic heterocycles. The van der Waals surface area contributed by atoms with E-state index in [1.165, 1.54) is 11.1 Å². The molecule has 0 saturated heterocycles. The average molecular weight is 399 g/mol. The Kier molecular flexibility index (Phi) is 5.53. The second kappa shape index (κ2) is 8.41. The van der Waals surface area contributed by atoms with E-state index in [0.29, 0.717) is 12.1 Å². The molecular weight excluding hydrogens is 374 g/mol. The van der Waals surface area contributed by atoms with Crippen molar-refractivity contribution >= 4 is 16.9 Å². The lowest BCUT2D eigenvalue weighted by atomic mass is 10.1. The van der Waals surface area contributed by atoms with E-state index in [9.17, 15) is 4.79 Å². The highest BCUT2D eigenvalue weighted by molar-refractivity contribution is 5.94. The summed E-state index contributed by atoms with van der Waals surface area (Å²) in [7, 11) is 1.61. The molecule has 1 amide bonds. The quantitative estimate of drug-likeness (QED) is 0.502. The highest BCUT2D eigenvalue weighted by atomic mass is 16.5. The minimum atomic E-state index is -0.253. The van der Waals surface area contributed by atoms with Gasteiger partial charge in [0.15, 0.2) is 0 Å². The van der Waals surface area contributed by atoms with Crippen molar-refractivity contribution in [1.82, 2.24) is 14.9 Å². The van der Waals surface area contributed by atoms with Gasteiger partial charge in [-0.2, -0.15) is 0 Å². The number of rotatable bonds is 6. The van der Waals surface area contributed by atoms with Gasteiger partial charge in [-0.15, -0.1) is 0 Å². The summed E-state index contributed by atoms with van der Waals surface area (Å²) in [6.45, 7) is 4.75. The molecule has 1 unspecified atom stereocenters. The third kappa shape index (κ3) is 4.06. The van der Waals surface area contributed by atoms with Crippen molar-refractivity contribution in [1.29, 1.82) is 0 Å². The molecule has 3 aromatic carbocycles. The Morgan fingerprint density at radius 3 is 2.57 bits per heavy atom. The van der Waals surface area contributed by atoms with Crippen LogP contribution in [0.15, 0.2) is 72.8 Å². The third-order valence-electron chi connectivity index (χ3n) is 5.19. The van der Waals surface area contributed by atoms with E-state index in [1.54, 1.807) is 31.4 Å². The highest BCUT2D eigenvalue weighted by Crippen LogP contribution is 2.23. The summed E-state index contributed by atoms with van der Waals surface area (Å²) in [5.74, 6) is 1.42. The second-order valence-corrected chi connectivity index (χ2v) is 7.46. The van der Waals surface area contributed by atoms with Crippen molar-refractivity contribution < 1.29 is 9.53 Å². The zero-order valence-electron chi connectivity index (χ0n) is 17.4. The lowest BCUT2D eigenvalue weighted by Crippen LogP contribution is -2.28. The van der Waals surface area contributed by atoms with Crippen LogP contribution >= 0.6 is 0 Å². The first-order valence-electron chi connectivity index (χ1n) is 10.0. The Morgan fingerprint density at radius 2 is 1.83 bits per heavy atom. The minimum Gasteiger partial charge on any atom is -0.497 e. The van der Waals surface area contributed by atoms with Crippen molar-refractivity contribution in [3.63, 3.8) is 0 Å². The number of para-hydroxylation sites is 2. The van der Waals surface area contributed by atoms with Crippen molar-refractivity contribution in [3.05, 3.63) is 95.3 Å². The first kappa shape index (κ1) is 19.7. The van der Waals surface area contributed by atoms with Crippen molar-refractivity contribution in [2.75, 3.05) is 7.11 Å². The zero-order valence-corrected chi connectivity index (χ0v) is 17.4. The molecule has 4 aromatic rings. The molecule has 30 heavy (non-hydrogen) atoms. The molecule has 0 spiro atoms. The third-order valence-corrected chi connectivity index (χ3v) is 5.19. The number of amides is 1. The first-order chi connectivity index (χ1) is 14.5. The van der Waals surface area contributed by atoms with E-state index < -0.39 is 0 Å². The van der Waals surface area contributed by atoms with E-state index in [-0.39, 0.29) is 11.9 Å². The first-order valence-corrected chi connectivity index (χ1v) is 10.0. The highest BCUT2D eigenvalue weighted by Gasteiger charge is 2.19. The fourth-order valence-corrected chi connectivity index (χ4v) is 3.67. The lowest BCUT2D eigenvalue weighted by Gasteiger charge is -2.17. The van der Waals surface area contributed by atoms with Gasteiger partial charge >= 0.3 is 0 Å². The average Bonchev–Trinajstić information content (AvgIpc) is 3.12. The van der Waals surface area contributed by atoms with Crippen LogP contribution in [0.2, 0.25) is 0 Å². The molecule has 5 heteroatoms. The number of ether oxygens (including phenoxy) is 1. The number of methoxy groups -OCH3 is 1. The van der Waals surface area contributed by atoms with Crippen LogP contribution in [0.25, 0.3) is 11.0 Å². The number of nitrogens with one attached hydrogen (secondary N) is 1. The molecule has 1 heterocycles. The Morgan fingerprint density at radius 1 is 1.07 bits per heavy atom. The molecular formula is C25H25N3O2. The number of hydrogen-bond donors (Lipinski definition) is 1. The van der Waals surface area contributed by atoms with Crippen molar-refractivity contribution in [3.8, 4) is 5.75 Å². The fourth-order valence-electron chi connectivity index (χ4n) is 3.67. The molecule has 0 bridgehead atoms. The molecule has 0 aliphatic rings. The van der Waals surface area contributed by atoms with Gasteiger partial charge in [0.1, 0.15) is 11.6 Å². The topological polar surface area (TPSA) is 56.1 Å². The van der Waals surface area contributed by atoms with Gasteiger partial charge in [-0.25, -0.2) is 4.98 Å². The van der Waals surface area contributed by atoms with Crippen LogP contribution in [0.4, 0.5) is 0 Å². The number of benzene rings is 3. The predicted octanol–water partition coefficient (Wildman–Crippen LogP) is 4.89. The van der Waals surface area contributed by atoms with Crippen LogP contribution < -0.4 is 10.1 Å². The maximum Gasteiger partial charge on any atom is 0.251 e. The van der Waals surface area contributed by atoms with Gasteiger partial charge < -0.3 is 14.6 Å². The number of fused-ring (bicyclic) bond motifs is 1. The largest absolute Gasteiger partial charge is 0.497 e. The summed E-state index contributed by atoms with van der Waals surface area (Å²) in [6.07, 6.45) is 0. The van der Waals surface area contributed by atoms with E-state index >= 15 is 0 Å². The van der Waals surface area contributed by atoms with Gasteiger partial charge in [0.2, 0.25) is 0 Å². The van der Waals surface area contributed by atoms with Gasteiger partial charge in [-0.3, -0.25) is 4.79 Å². The van der Waals surface area contributed by atoms with E-state index in [1.807, 2.05) is 25.1 Å². The van der Waals surface area contributed by atoms with E-state index in [4.69, 9.17) is 9.72 Å². The molecule has 4 rings (SSSR count). The molecule has 1 N–H and O–H groups in total. The summed E-state index contributed by atoms with van der Waals surface area (Å²) in [5, 5.41) is 3.09. The molecule has 0 aliphatic heterocycles. The summed E-state index contributed by atoms with van der Waals surface area (Å²) < 4.78 is 7.35. The number of carbonyl (C=O) groups excluding carboxylic acids is 1. The van der Waals surface area contributed by atoms with Crippen LogP contribution in [0.5, 0.6) is 5.75 Å². The molecule has 0 aliphatic carbocycles. The lowest BCUT2D eigenvalue weighted by molar-refractivity contribution is 0.0937. The maximum atomic E-state index is 12.8. The molecule has 0 saturated carbocycles. The smallest absolute Gasteiger partial charge is 0.251 e. The molecule has 5 nitrogen and oxygen atoms in total. The molecule has 1 atom stereocenters. The number of imidazole rings is 1. The van der Waals surface area contributed by atoms with Gasteiger partial charge in [0.25, 0.3) is 5.91 Å². The van der Waals surface area contributed by atoms with Crippen LogP contribution in [0.3, 0.4) is 0 Å². The number of aromatic nitrogens is 2. The van der Waals surface area contributed by atoms with Gasteiger partial charge in [0.05, 0.1) is 24.2 Å². The Balaban J connectivity index is 1.64. The summed E-state index contributed by atoms with van der Waals surface area (Å²) in [5.41, 5.74) is 4.99. The van der Waals surface area contributed by atoms with E-state index in [2.05, 4.69) is 47.1 Å². The summed E-state index contributed by atoms with van der Waals surface area (Å²) in [6, 6.07) is 23.4. The summed E-state index contributed by atoms with van der Waals surface area (Å²) >= 11 is 0. The van der Waals surface area contributed by atoms with Gasteiger partial charge in [0, 0.05) is 12.1 Å². The van der Waals surface area contributed by atoms with Crippen molar-refractivity contribution in [2.45, 2.75) is 26.4 Å².